The molecule has 0 radical (unpaired) electrons. The number of aromatic nitrogens is 1. The predicted molar refractivity (Wildman–Crippen MR) is 98.1 cm³/mol. The van der Waals surface area contributed by atoms with E-state index in [2.05, 4.69) is 11.1 Å². The summed E-state index contributed by atoms with van der Waals surface area (Å²) in [6.45, 7) is 1.12. The van der Waals surface area contributed by atoms with Crippen LogP contribution in [0.4, 0.5) is 4.39 Å². The van der Waals surface area contributed by atoms with Crippen molar-refractivity contribution in [1.82, 2.24) is 4.57 Å². The highest BCUT2D eigenvalue weighted by Crippen LogP contribution is 2.57. The Labute approximate surface area is 155 Å². The molecule has 1 heterocycles. The van der Waals surface area contributed by atoms with Crippen LogP contribution in [0.15, 0.2) is 34.8 Å². The molecule has 6 rings (SSSR count). The van der Waals surface area contributed by atoms with Gasteiger partial charge in [-0.1, -0.05) is 23.0 Å². The van der Waals surface area contributed by atoms with Crippen LogP contribution in [0.25, 0.3) is 10.2 Å². The number of thiazole rings is 1. The molecule has 1 aromatic carbocycles. The maximum absolute atomic E-state index is 13.6. The summed E-state index contributed by atoms with van der Waals surface area (Å²) in [5, 5.41) is 0. The minimum absolute atomic E-state index is 0.00180. The molecular weight excluding hydrogens is 351 g/mol. The minimum atomic E-state index is -0.271. The van der Waals surface area contributed by atoms with E-state index in [9.17, 15) is 9.18 Å². The van der Waals surface area contributed by atoms with Crippen molar-refractivity contribution in [1.29, 1.82) is 0 Å². The van der Waals surface area contributed by atoms with Crippen LogP contribution in [-0.2, 0) is 16.1 Å². The SMILES string of the molecule is COCCn1c(=NC(=O)[C@H]2C3CC4=CC(C3)CC42)sc2cc(F)ccc21. The summed E-state index contributed by atoms with van der Waals surface area (Å²) in [5.41, 5.74) is 2.39. The van der Waals surface area contributed by atoms with Gasteiger partial charge in [-0.3, -0.25) is 4.79 Å². The van der Waals surface area contributed by atoms with Crippen LogP contribution in [0.3, 0.4) is 0 Å². The third-order valence-corrected chi connectivity index (χ3v) is 7.22. The minimum Gasteiger partial charge on any atom is -0.383 e. The number of amides is 1. The smallest absolute Gasteiger partial charge is 0.252 e. The molecular formula is C20H21FN2O2S. The number of hydrogen-bond acceptors (Lipinski definition) is 3. The molecule has 0 spiro atoms. The number of nitrogens with zero attached hydrogens (tertiary/aromatic N) is 2. The van der Waals surface area contributed by atoms with Crippen molar-refractivity contribution in [2.24, 2.45) is 28.7 Å². The topological polar surface area (TPSA) is 43.6 Å². The van der Waals surface area contributed by atoms with Gasteiger partial charge < -0.3 is 9.30 Å². The van der Waals surface area contributed by atoms with Crippen LogP contribution in [0.5, 0.6) is 0 Å². The molecule has 0 N–H and O–H groups in total. The van der Waals surface area contributed by atoms with Gasteiger partial charge in [0.05, 0.1) is 22.7 Å². The lowest BCUT2D eigenvalue weighted by atomic mass is 9.75. The standard InChI is InChI=1S/C20H21FN2O2S/c1-25-5-4-23-16-3-2-14(21)10-17(16)26-20(23)22-19(24)18-13-7-11-6-12(9-13)15(18)8-11/h2-3,6,10-11,13,15,18H,4-5,7-9H2,1H3/t11?,13?,15?,18-/m0/s1. The van der Waals surface area contributed by atoms with Gasteiger partial charge in [-0.05, 0) is 55.2 Å². The Hall–Kier alpha value is -1.79. The summed E-state index contributed by atoms with van der Waals surface area (Å²) in [5.74, 6) is 1.34. The van der Waals surface area contributed by atoms with Crippen molar-refractivity contribution in [2.75, 3.05) is 13.7 Å². The fourth-order valence-corrected chi connectivity index (χ4v) is 6.27. The number of carbonyl (C=O) groups excluding carboxylic acids is 1. The van der Waals surface area contributed by atoms with Crippen molar-refractivity contribution in [3.8, 4) is 0 Å². The first-order chi connectivity index (χ1) is 12.6. The van der Waals surface area contributed by atoms with Crippen LogP contribution in [0.2, 0.25) is 0 Å². The summed E-state index contributed by atoms with van der Waals surface area (Å²) in [7, 11) is 1.65. The fourth-order valence-electron chi connectivity index (χ4n) is 5.18. The lowest BCUT2D eigenvalue weighted by Crippen LogP contribution is -2.31. The average molecular weight is 372 g/mol. The Morgan fingerprint density at radius 2 is 2.31 bits per heavy atom. The molecule has 2 saturated carbocycles. The lowest BCUT2D eigenvalue weighted by Gasteiger charge is -2.29. The summed E-state index contributed by atoms with van der Waals surface area (Å²) in [6, 6.07) is 4.71. The van der Waals surface area contributed by atoms with E-state index in [1.165, 1.54) is 29.0 Å². The Bertz CT molecular complexity index is 989. The zero-order valence-corrected chi connectivity index (χ0v) is 15.5. The third-order valence-electron chi connectivity index (χ3n) is 6.18. The molecule has 1 aromatic heterocycles. The van der Waals surface area contributed by atoms with Gasteiger partial charge >= 0.3 is 0 Å². The van der Waals surface area contributed by atoms with E-state index < -0.39 is 0 Å². The molecule has 4 nitrogen and oxygen atoms in total. The number of ether oxygens (including phenoxy) is 1. The lowest BCUT2D eigenvalue weighted by molar-refractivity contribution is -0.125. The number of halogens is 1. The first kappa shape index (κ1) is 16.4. The molecule has 4 atom stereocenters. The van der Waals surface area contributed by atoms with Gasteiger partial charge in [-0.25, -0.2) is 4.39 Å². The number of hydrogen-bond donors (Lipinski definition) is 0. The number of allylic oxidation sites excluding steroid dienone is 2. The second-order valence-electron chi connectivity index (χ2n) is 7.66. The van der Waals surface area contributed by atoms with Gasteiger partial charge in [0.15, 0.2) is 4.80 Å². The predicted octanol–water partition coefficient (Wildman–Crippen LogP) is 3.52. The van der Waals surface area contributed by atoms with Crippen molar-refractivity contribution >= 4 is 27.5 Å². The number of fused-ring (bicyclic) bond motifs is 1. The largest absolute Gasteiger partial charge is 0.383 e. The molecule has 6 heteroatoms. The zero-order valence-electron chi connectivity index (χ0n) is 14.7. The first-order valence-corrected chi connectivity index (χ1v) is 10.0. The van der Waals surface area contributed by atoms with Crippen LogP contribution in [-0.4, -0.2) is 24.2 Å². The molecule has 136 valence electrons. The van der Waals surface area contributed by atoms with Gasteiger partial charge in [0, 0.05) is 13.7 Å². The summed E-state index contributed by atoms with van der Waals surface area (Å²) >= 11 is 1.38. The quantitative estimate of drug-likeness (QED) is 0.771. The fraction of sp³-hybridized carbons (Fsp3) is 0.500. The molecule has 4 aliphatic carbocycles. The highest BCUT2D eigenvalue weighted by molar-refractivity contribution is 7.16. The normalized spacial score (nSPS) is 29.8. The molecule has 2 fully saturated rings. The maximum Gasteiger partial charge on any atom is 0.252 e. The van der Waals surface area contributed by atoms with Crippen LogP contribution >= 0.6 is 11.3 Å². The second kappa shape index (κ2) is 6.13. The molecule has 0 saturated heterocycles. The Kier molecular flexibility index (Phi) is 3.87. The van der Waals surface area contributed by atoms with Crippen LogP contribution in [0, 0.1) is 29.5 Å². The number of benzene rings is 1. The molecule has 4 aliphatic rings. The highest BCUT2D eigenvalue weighted by atomic mass is 32.1. The molecule has 1 amide bonds. The highest BCUT2D eigenvalue weighted by Gasteiger charge is 2.51. The van der Waals surface area contributed by atoms with Gasteiger partial charge in [-0.2, -0.15) is 4.99 Å². The van der Waals surface area contributed by atoms with E-state index in [4.69, 9.17) is 4.74 Å². The average Bonchev–Trinajstić information content (AvgIpc) is 3.17. The van der Waals surface area contributed by atoms with Crippen LogP contribution < -0.4 is 4.80 Å². The summed E-state index contributed by atoms with van der Waals surface area (Å²) in [6.07, 6.45) is 5.73. The Morgan fingerprint density at radius 3 is 3.12 bits per heavy atom. The second-order valence-corrected chi connectivity index (χ2v) is 8.67. The molecule has 4 bridgehead atoms. The van der Waals surface area contributed by atoms with Gasteiger partial charge in [0.1, 0.15) is 5.82 Å². The number of carbonyl (C=O) groups is 1. The first-order valence-electron chi connectivity index (χ1n) is 9.21. The zero-order chi connectivity index (χ0) is 17.8. The monoisotopic (exact) mass is 372 g/mol. The number of methoxy groups -OCH3 is 1. The van der Waals surface area contributed by atoms with E-state index >= 15 is 0 Å². The van der Waals surface area contributed by atoms with Crippen molar-refractivity contribution in [2.45, 2.75) is 25.8 Å². The molecule has 0 aliphatic heterocycles. The van der Waals surface area contributed by atoms with Crippen molar-refractivity contribution in [3.63, 3.8) is 0 Å². The molecule has 2 aromatic rings. The Morgan fingerprint density at radius 1 is 1.42 bits per heavy atom. The summed E-state index contributed by atoms with van der Waals surface area (Å²) in [4.78, 5) is 18.2. The maximum atomic E-state index is 13.6. The van der Waals surface area contributed by atoms with Crippen LogP contribution in [0.1, 0.15) is 19.3 Å². The van der Waals surface area contributed by atoms with E-state index in [-0.39, 0.29) is 17.6 Å². The van der Waals surface area contributed by atoms with E-state index in [1.54, 1.807) is 13.2 Å². The summed E-state index contributed by atoms with van der Waals surface area (Å²) < 4.78 is 21.6. The van der Waals surface area contributed by atoms with Crippen molar-refractivity contribution < 1.29 is 13.9 Å². The van der Waals surface area contributed by atoms with Crippen molar-refractivity contribution in [3.05, 3.63) is 40.5 Å². The molecule has 3 unspecified atom stereocenters. The Balaban J connectivity index is 1.55. The third kappa shape index (κ3) is 2.50. The number of rotatable bonds is 4. The van der Waals surface area contributed by atoms with Gasteiger partial charge in [0.2, 0.25) is 0 Å². The molecule has 26 heavy (non-hydrogen) atoms. The van der Waals surface area contributed by atoms with E-state index in [0.717, 1.165) is 29.5 Å². The van der Waals surface area contributed by atoms with E-state index in [1.807, 2.05) is 4.57 Å². The van der Waals surface area contributed by atoms with Gasteiger partial charge in [-0.15, -0.1) is 0 Å². The van der Waals surface area contributed by atoms with E-state index in [0.29, 0.717) is 35.7 Å². The van der Waals surface area contributed by atoms with Gasteiger partial charge in [0.25, 0.3) is 5.91 Å².